The van der Waals surface area contributed by atoms with E-state index >= 15 is 0 Å². The highest BCUT2D eigenvalue weighted by Crippen LogP contribution is 2.15. The molecule has 1 unspecified atom stereocenters. The van der Waals surface area contributed by atoms with Gasteiger partial charge in [-0.3, -0.25) is 4.79 Å². The van der Waals surface area contributed by atoms with E-state index in [0.717, 1.165) is 18.7 Å². The summed E-state index contributed by atoms with van der Waals surface area (Å²) in [5.41, 5.74) is 1.12. The molecule has 0 fully saturated rings. The highest BCUT2D eigenvalue weighted by atomic mass is 16.5. The van der Waals surface area contributed by atoms with Gasteiger partial charge in [-0.15, -0.1) is 6.42 Å². The van der Waals surface area contributed by atoms with E-state index in [0.29, 0.717) is 5.75 Å². The first kappa shape index (κ1) is 15.1. The standard InChI is InChI=1S/C15H20N2O2/c1-4-9-17-15(18)12(3)19-14-8-6-7-13(10-14)11-16-5-2/h1,6-8,10,12,16H,5,9,11H2,2-3H3,(H,17,18). The Morgan fingerprint density at radius 1 is 1.53 bits per heavy atom. The molecule has 1 aromatic carbocycles. The highest BCUT2D eigenvalue weighted by Gasteiger charge is 2.13. The Labute approximate surface area is 114 Å². The third-order valence-corrected chi connectivity index (χ3v) is 2.52. The van der Waals surface area contributed by atoms with Crippen LogP contribution in [0.15, 0.2) is 24.3 Å². The molecule has 4 nitrogen and oxygen atoms in total. The minimum Gasteiger partial charge on any atom is -0.481 e. The van der Waals surface area contributed by atoms with Crippen LogP contribution in [0.4, 0.5) is 0 Å². The number of hydrogen-bond acceptors (Lipinski definition) is 3. The second-order valence-electron chi connectivity index (χ2n) is 4.11. The zero-order chi connectivity index (χ0) is 14.1. The van der Waals surface area contributed by atoms with Gasteiger partial charge in [-0.1, -0.05) is 25.0 Å². The van der Waals surface area contributed by atoms with Gasteiger partial charge < -0.3 is 15.4 Å². The van der Waals surface area contributed by atoms with E-state index in [2.05, 4.69) is 23.5 Å². The molecule has 4 heteroatoms. The second-order valence-corrected chi connectivity index (χ2v) is 4.11. The van der Waals surface area contributed by atoms with Gasteiger partial charge in [0.2, 0.25) is 0 Å². The lowest BCUT2D eigenvalue weighted by Crippen LogP contribution is -2.36. The fourth-order valence-electron chi connectivity index (χ4n) is 1.54. The van der Waals surface area contributed by atoms with Crippen molar-refractivity contribution in [3.63, 3.8) is 0 Å². The van der Waals surface area contributed by atoms with Crippen LogP contribution in [0.2, 0.25) is 0 Å². The maximum Gasteiger partial charge on any atom is 0.261 e. The Hall–Kier alpha value is -1.99. The van der Waals surface area contributed by atoms with Crippen LogP contribution in [0, 0.1) is 12.3 Å². The Morgan fingerprint density at radius 2 is 2.32 bits per heavy atom. The smallest absolute Gasteiger partial charge is 0.261 e. The summed E-state index contributed by atoms with van der Waals surface area (Å²) >= 11 is 0. The number of carbonyl (C=O) groups excluding carboxylic acids is 1. The van der Waals surface area contributed by atoms with Crippen LogP contribution < -0.4 is 15.4 Å². The van der Waals surface area contributed by atoms with Gasteiger partial charge in [0.25, 0.3) is 5.91 Å². The monoisotopic (exact) mass is 260 g/mol. The maximum atomic E-state index is 11.6. The van der Waals surface area contributed by atoms with E-state index in [1.54, 1.807) is 6.92 Å². The predicted molar refractivity (Wildman–Crippen MR) is 75.8 cm³/mol. The first-order valence-corrected chi connectivity index (χ1v) is 6.34. The molecule has 0 radical (unpaired) electrons. The van der Waals surface area contributed by atoms with E-state index < -0.39 is 6.10 Å². The Kier molecular flexibility index (Phi) is 6.48. The van der Waals surface area contributed by atoms with Crippen LogP contribution in [0.5, 0.6) is 5.75 Å². The maximum absolute atomic E-state index is 11.6. The first-order chi connectivity index (χ1) is 9.17. The third kappa shape index (κ3) is 5.45. The fourth-order valence-corrected chi connectivity index (χ4v) is 1.54. The molecule has 0 aromatic heterocycles. The second kappa shape index (κ2) is 8.17. The van der Waals surface area contributed by atoms with Gasteiger partial charge in [0, 0.05) is 6.54 Å². The van der Waals surface area contributed by atoms with E-state index in [9.17, 15) is 4.79 Å². The number of amides is 1. The zero-order valence-electron chi connectivity index (χ0n) is 11.4. The first-order valence-electron chi connectivity index (χ1n) is 6.34. The lowest BCUT2D eigenvalue weighted by molar-refractivity contribution is -0.126. The van der Waals surface area contributed by atoms with Crippen LogP contribution in [0.25, 0.3) is 0 Å². The topological polar surface area (TPSA) is 50.4 Å². The minimum absolute atomic E-state index is 0.213. The number of nitrogens with one attached hydrogen (secondary N) is 2. The molecular formula is C15H20N2O2. The average molecular weight is 260 g/mol. The Morgan fingerprint density at radius 3 is 3.00 bits per heavy atom. The van der Waals surface area contributed by atoms with Crippen molar-refractivity contribution in [2.45, 2.75) is 26.5 Å². The summed E-state index contributed by atoms with van der Waals surface area (Å²) in [5, 5.41) is 5.83. The summed E-state index contributed by atoms with van der Waals surface area (Å²) in [6.07, 6.45) is 4.52. The van der Waals surface area contributed by atoms with E-state index in [1.165, 1.54) is 0 Å². The Balaban J connectivity index is 2.56. The van der Waals surface area contributed by atoms with Gasteiger partial charge in [-0.05, 0) is 31.2 Å². The highest BCUT2D eigenvalue weighted by molar-refractivity contribution is 5.80. The van der Waals surface area contributed by atoms with Crippen LogP contribution in [0.1, 0.15) is 19.4 Å². The van der Waals surface area contributed by atoms with Gasteiger partial charge in [0.05, 0.1) is 6.54 Å². The SMILES string of the molecule is C#CCNC(=O)C(C)Oc1cccc(CNCC)c1. The van der Waals surface area contributed by atoms with Gasteiger partial charge in [-0.2, -0.15) is 0 Å². The van der Waals surface area contributed by atoms with Crippen molar-refractivity contribution in [2.24, 2.45) is 0 Å². The summed E-state index contributed by atoms with van der Waals surface area (Å²) in [6.45, 7) is 5.66. The summed E-state index contributed by atoms with van der Waals surface area (Å²) in [4.78, 5) is 11.6. The normalized spacial score (nSPS) is 11.4. The van der Waals surface area contributed by atoms with Crippen molar-refractivity contribution < 1.29 is 9.53 Å². The molecule has 0 saturated carbocycles. The molecule has 1 rings (SSSR count). The number of terminal acetylenes is 1. The molecule has 1 aromatic rings. The molecule has 0 saturated heterocycles. The molecule has 19 heavy (non-hydrogen) atoms. The number of ether oxygens (including phenoxy) is 1. The van der Waals surface area contributed by atoms with E-state index in [-0.39, 0.29) is 12.5 Å². The summed E-state index contributed by atoms with van der Waals surface area (Å²) < 4.78 is 5.59. The van der Waals surface area contributed by atoms with Crippen LogP contribution >= 0.6 is 0 Å². The fraction of sp³-hybridized carbons (Fsp3) is 0.400. The number of carbonyl (C=O) groups is 1. The molecular weight excluding hydrogens is 240 g/mol. The molecule has 2 N–H and O–H groups in total. The predicted octanol–water partition coefficient (Wildman–Crippen LogP) is 1.31. The molecule has 0 spiro atoms. The molecule has 0 heterocycles. The van der Waals surface area contributed by atoms with Gasteiger partial charge >= 0.3 is 0 Å². The van der Waals surface area contributed by atoms with Crippen molar-refractivity contribution in [1.82, 2.24) is 10.6 Å². The van der Waals surface area contributed by atoms with Crippen molar-refractivity contribution in [2.75, 3.05) is 13.1 Å². The largest absolute Gasteiger partial charge is 0.481 e. The zero-order valence-corrected chi connectivity index (χ0v) is 11.4. The van der Waals surface area contributed by atoms with Crippen LogP contribution in [-0.2, 0) is 11.3 Å². The van der Waals surface area contributed by atoms with Crippen molar-refractivity contribution in [1.29, 1.82) is 0 Å². The molecule has 0 aliphatic heterocycles. The van der Waals surface area contributed by atoms with E-state index in [1.807, 2.05) is 24.3 Å². The van der Waals surface area contributed by atoms with Gasteiger partial charge in [-0.25, -0.2) is 0 Å². The van der Waals surface area contributed by atoms with Crippen LogP contribution in [0.3, 0.4) is 0 Å². The molecule has 0 bridgehead atoms. The Bertz CT molecular complexity index is 452. The van der Waals surface area contributed by atoms with Crippen LogP contribution in [-0.4, -0.2) is 25.1 Å². The molecule has 0 aliphatic carbocycles. The lowest BCUT2D eigenvalue weighted by atomic mass is 10.2. The molecule has 1 amide bonds. The summed E-state index contributed by atoms with van der Waals surface area (Å²) in [7, 11) is 0. The molecule has 1 atom stereocenters. The average Bonchev–Trinajstić information content (AvgIpc) is 2.42. The number of benzene rings is 1. The van der Waals surface area contributed by atoms with Gasteiger partial charge in [0.15, 0.2) is 6.10 Å². The quantitative estimate of drug-likeness (QED) is 0.727. The summed E-state index contributed by atoms with van der Waals surface area (Å²) in [5.74, 6) is 2.82. The van der Waals surface area contributed by atoms with Crippen molar-refractivity contribution >= 4 is 5.91 Å². The molecule has 102 valence electrons. The lowest BCUT2D eigenvalue weighted by Gasteiger charge is -2.14. The molecule has 0 aliphatic rings. The number of hydrogen-bond donors (Lipinski definition) is 2. The summed E-state index contributed by atoms with van der Waals surface area (Å²) in [6, 6.07) is 7.68. The minimum atomic E-state index is -0.567. The van der Waals surface area contributed by atoms with Crippen molar-refractivity contribution in [3.05, 3.63) is 29.8 Å². The van der Waals surface area contributed by atoms with Crippen molar-refractivity contribution in [3.8, 4) is 18.1 Å². The number of rotatable bonds is 7. The van der Waals surface area contributed by atoms with E-state index in [4.69, 9.17) is 11.2 Å². The van der Waals surface area contributed by atoms with Gasteiger partial charge in [0.1, 0.15) is 5.75 Å². The third-order valence-electron chi connectivity index (χ3n) is 2.52.